The number of methoxy groups -OCH3 is 1. The second-order valence-electron chi connectivity index (χ2n) is 5.71. The molecule has 28 heavy (non-hydrogen) atoms. The van der Waals surface area contributed by atoms with Crippen LogP contribution in [0.15, 0.2) is 48.7 Å². The Morgan fingerprint density at radius 2 is 2.04 bits per heavy atom. The summed E-state index contributed by atoms with van der Waals surface area (Å²) in [5.41, 5.74) is 0.590. The summed E-state index contributed by atoms with van der Waals surface area (Å²) in [7, 11) is 1.32. The van der Waals surface area contributed by atoms with Crippen LogP contribution in [0.25, 0.3) is 0 Å². The van der Waals surface area contributed by atoms with Gasteiger partial charge in [0.25, 0.3) is 5.91 Å². The SMILES string of the molecule is COc1ccc(C(=O)Nc2ccnn2Cc2ccc(Cl)cc2Cl)cc1[N+](=O)[O-]. The summed E-state index contributed by atoms with van der Waals surface area (Å²) < 4.78 is 6.49. The molecule has 1 amide bonds. The minimum atomic E-state index is -0.609. The summed E-state index contributed by atoms with van der Waals surface area (Å²) in [4.78, 5) is 23.1. The molecule has 0 aliphatic rings. The average Bonchev–Trinajstić information content (AvgIpc) is 3.10. The number of amides is 1. The van der Waals surface area contributed by atoms with E-state index in [2.05, 4.69) is 10.4 Å². The van der Waals surface area contributed by atoms with Crippen LogP contribution >= 0.6 is 23.2 Å². The predicted octanol–water partition coefficient (Wildman–Crippen LogP) is 4.41. The molecule has 144 valence electrons. The van der Waals surface area contributed by atoms with Gasteiger partial charge in [0.1, 0.15) is 5.82 Å². The second kappa shape index (κ2) is 8.28. The number of nitrogens with one attached hydrogen (secondary N) is 1. The number of halogens is 2. The molecule has 1 N–H and O–H groups in total. The van der Waals surface area contributed by atoms with Crippen LogP contribution in [0.2, 0.25) is 10.0 Å². The Hall–Kier alpha value is -3.10. The molecular weight excluding hydrogens is 407 g/mol. The topological polar surface area (TPSA) is 99.3 Å². The fraction of sp³-hybridized carbons (Fsp3) is 0.111. The van der Waals surface area contributed by atoms with E-state index in [1.54, 1.807) is 28.9 Å². The lowest BCUT2D eigenvalue weighted by molar-refractivity contribution is -0.385. The third kappa shape index (κ3) is 4.24. The van der Waals surface area contributed by atoms with Crippen molar-refractivity contribution in [3.05, 3.63) is 79.9 Å². The van der Waals surface area contributed by atoms with E-state index < -0.39 is 10.8 Å². The van der Waals surface area contributed by atoms with E-state index in [1.807, 2.05) is 0 Å². The molecule has 3 aromatic rings. The number of hydrogen-bond donors (Lipinski definition) is 1. The van der Waals surface area contributed by atoms with Crippen LogP contribution < -0.4 is 10.1 Å². The zero-order valence-corrected chi connectivity index (χ0v) is 16.1. The Balaban J connectivity index is 1.81. The molecule has 2 aromatic carbocycles. The first-order chi connectivity index (χ1) is 13.4. The molecule has 3 rings (SSSR count). The summed E-state index contributed by atoms with van der Waals surface area (Å²) in [6, 6.07) is 10.7. The van der Waals surface area contributed by atoms with Gasteiger partial charge in [-0.05, 0) is 29.8 Å². The van der Waals surface area contributed by atoms with Crippen molar-refractivity contribution in [3.63, 3.8) is 0 Å². The molecule has 0 saturated heterocycles. The van der Waals surface area contributed by atoms with Crippen LogP contribution in [0, 0.1) is 10.1 Å². The first-order valence-electron chi connectivity index (χ1n) is 7.98. The molecule has 0 atom stereocenters. The van der Waals surface area contributed by atoms with Crippen molar-refractivity contribution in [2.45, 2.75) is 6.54 Å². The fourth-order valence-electron chi connectivity index (χ4n) is 2.54. The van der Waals surface area contributed by atoms with Gasteiger partial charge in [0.05, 0.1) is 24.8 Å². The number of nitro benzene ring substituents is 1. The van der Waals surface area contributed by atoms with Gasteiger partial charge >= 0.3 is 5.69 Å². The van der Waals surface area contributed by atoms with Gasteiger partial charge in [-0.25, -0.2) is 4.68 Å². The van der Waals surface area contributed by atoms with Crippen molar-refractivity contribution >= 4 is 40.6 Å². The number of hydrogen-bond acceptors (Lipinski definition) is 5. The van der Waals surface area contributed by atoms with E-state index in [0.29, 0.717) is 22.4 Å². The molecule has 10 heteroatoms. The fourth-order valence-corrected chi connectivity index (χ4v) is 3.01. The van der Waals surface area contributed by atoms with Crippen molar-refractivity contribution in [1.82, 2.24) is 9.78 Å². The maximum Gasteiger partial charge on any atom is 0.311 e. The van der Waals surface area contributed by atoms with Gasteiger partial charge < -0.3 is 10.1 Å². The Morgan fingerprint density at radius 3 is 2.71 bits per heavy atom. The van der Waals surface area contributed by atoms with E-state index in [4.69, 9.17) is 27.9 Å². The maximum atomic E-state index is 12.5. The number of nitro groups is 1. The van der Waals surface area contributed by atoms with Crippen molar-refractivity contribution in [2.24, 2.45) is 0 Å². The molecule has 0 bridgehead atoms. The minimum Gasteiger partial charge on any atom is -0.490 e. The Bertz CT molecular complexity index is 1050. The number of benzene rings is 2. The summed E-state index contributed by atoms with van der Waals surface area (Å²) in [6.07, 6.45) is 1.52. The highest BCUT2D eigenvalue weighted by Crippen LogP contribution is 2.28. The van der Waals surface area contributed by atoms with Crippen LogP contribution in [0.3, 0.4) is 0 Å². The zero-order valence-electron chi connectivity index (χ0n) is 14.6. The lowest BCUT2D eigenvalue weighted by Crippen LogP contribution is -2.16. The van der Waals surface area contributed by atoms with Gasteiger partial charge in [-0.2, -0.15) is 5.10 Å². The molecule has 0 aliphatic heterocycles. The number of carbonyl (C=O) groups is 1. The third-order valence-corrected chi connectivity index (χ3v) is 4.52. The lowest BCUT2D eigenvalue weighted by atomic mass is 10.1. The second-order valence-corrected chi connectivity index (χ2v) is 6.55. The summed E-state index contributed by atoms with van der Waals surface area (Å²) in [5.74, 6) is -0.0341. The number of aromatic nitrogens is 2. The van der Waals surface area contributed by atoms with E-state index in [-0.39, 0.29) is 17.0 Å². The van der Waals surface area contributed by atoms with Gasteiger partial charge in [-0.1, -0.05) is 29.3 Å². The molecule has 0 unspecified atom stereocenters. The molecule has 0 spiro atoms. The van der Waals surface area contributed by atoms with Gasteiger partial charge in [0.2, 0.25) is 0 Å². The van der Waals surface area contributed by atoms with Gasteiger partial charge in [0.15, 0.2) is 5.75 Å². The van der Waals surface area contributed by atoms with Crippen LogP contribution in [-0.2, 0) is 6.54 Å². The van der Waals surface area contributed by atoms with Crippen LogP contribution in [-0.4, -0.2) is 27.7 Å². The highest BCUT2D eigenvalue weighted by atomic mass is 35.5. The number of carbonyl (C=O) groups excluding carboxylic acids is 1. The van der Waals surface area contributed by atoms with Crippen molar-refractivity contribution in [1.29, 1.82) is 0 Å². The molecule has 0 radical (unpaired) electrons. The molecular formula is C18H14Cl2N4O4. The molecule has 0 fully saturated rings. The van der Waals surface area contributed by atoms with Gasteiger partial charge in [0, 0.05) is 27.7 Å². The third-order valence-electron chi connectivity index (χ3n) is 3.93. The first-order valence-corrected chi connectivity index (χ1v) is 8.74. The molecule has 1 aromatic heterocycles. The normalized spacial score (nSPS) is 10.5. The Morgan fingerprint density at radius 1 is 1.25 bits per heavy atom. The maximum absolute atomic E-state index is 12.5. The van der Waals surface area contributed by atoms with E-state index in [0.717, 1.165) is 11.6 Å². The summed E-state index contributed by atoms with van der Waals surface area (Å²) in [5, 5.41) is 19.0. The minimum absolute atomic E-state index is 0.0731. The van der Waals surface area contributed by atoms with Crippen molar-refractivity contribution in [3.8, 4) is 5.75 Å². The standard InChI is InChI=1S/C18H14Cl2N4O4/c1-28-16-5-3-11(8-15(16)24(26)27)18(25)22-17-6-7-21-23(17)10-12-2-4-13(19)9-14(12)20/h2-9H,10H2,1H3,(H,22,25). The summed E-state index contributed by atoms with van der Waals surface area (Å²) in [6.45, 7) is 0.307. The highest BCUT2D eigenvalue weighted by Gasteiger charge is 2.19. The van der Waals surface area contributed by atoms with Crippen LogP contribution in [0.4, 0.5) is 11.5 Å². The van der Waals surface area contributed by atoms with Crippen molar-refractivity contribution < 1.29 is 14.5 Å². The molecule has 8 nitrogen and oxygen atoms in total. The Kier molecular flexibility index (Phi) is 5.81. The summed E-state index contributed by atoms with van der Waals surface area (Å²) >= 11 is 12.1. The Labute approximate surface area is 169 Å². The number of nitrogens with zero attached hydrogens (tertiary/aromatic N) is 3. The molecule has 1 heterocycles. The molecule has 0 saturated carbocycles. The number of rotatable bonds is 6. The smallest absolute Gasteiger partial charge is 0.311 e. The lowest BCUT2D eigenvalue weighted by Gasteiger charge is -2.11. The van der Waals surface area contributed by atoms with Crippen LogP contribution in [0.1, 0.15) is 15.9 Å². The monoisotopic (exact) mass is 420 g/mol. The predicted molar refractivity (Wildman–Crippen MR) is 105 cm³/mol. The first kappa shape index (κ1) is 19.7. The van der Waals surface area contributed by atoms with Crippen LogP contribution in [0.5, 0.6) is 5.75 Å². The van der Waals surface area contributed by atoms with E-state index >= 15 is 0 Å². The van der Waals surface area contributed by atoms with Crippen molar-refractivity contribution in [2.75, 3.05) is 12.4 Å². The quantitative estimate of drug-likeness (QED) is 0.470. The number of anilines is 1. The molecule has 0 aliphatic carbocycles. The van der Waals surface area contributed by atoms with E-state index in [9.17, 15) is 14.9 Å². The largest absolute Gasteiger partial charge is 0.490 e. The average molecular weight is 421 g/mol. The van der Waals surface area contributed by atoms with E-state index in [1.165, 1.54) is 25.4 Å². The number of ether oxygens (including phenoxy) is 1. The zero-order chi connectivity index (χ0) is 20.3. The van der Waals surface area contributed by atoms with Gasteiger partial charge in [-0.15, -0.1) is 0 Å². The van der Waals surface area contributed by atoms with Gasteiger partial charge in [-0.3, -0.25) is 14.9 Å². The highest BCUT2D eigenvalue weighted by molar-refractivity contribution is 6.35.